The summed E-state index contributed by atoms with van der Waals surface area (Å²) in [5.41, 5.74) is 0.193. The summed E-state index contributed by atoms with van der Waals surface area (Å²) in [6, 6.07) is 5.76. The van der Waals surface area contributed by atoms with Crippen LogP contribution in [0.2, 0.25) is 0 Å². The quantitative estimate of drug-likeness (QED) is 0.185. The van der Waals surface area contributed by atoms with Crippen LogP contribution in [0.1, 0.15) is 69.1 Å². The first kappa shape index (κ1) is 39.3. The molecule has 0 aliphatic carbocycles. The summed E-state index contributed by atoms with van der Waals surface area (Å²) in [7, 11) is 0. The standard InChI is InChI=1S/C36H45F4N5O6/c1-3-22(2)31-35(50)45-18-6-8-29(45)34(49)42-27(7-4-5-17-41-30(46)21-51-20-24-11-15-26(37)16-12-24)32(47)43-28(33(48)44-31)19-23-9-13-25(14-10-23)36(38,39)40/h9-16,22,27-29,31H,3-8,17-21H2,1-2H3,(H,41,46)(H,42,49)(H,43,47)(H,44,48)/t22?,27-,28+,29+,31+/m0/s1. The lowest BCUT2D eigenvalue weighted by Gasteiger charge is -2.34. The second kappa shape index (κ2) is 18.1. The van der Waals surface area contributed by atoms with Crippen molar-refractivity contribution in [3.63, 3.8) is 0 Å². The Balaban J connectivity index is 1.43. The predicted molar refractivity (Wildman–Crippen MR) is 178 cm³/mol. The van der Waals surface area contributed by atoms with Crippen molar-refractivity contribution in [2.45, 2.75) is 95.7 Å². The first-order valence-electron chi connectivity index (χ1n) is 17.2. The highest BCUT2D eigenvalue weighted by atomic mass is 19.4. The van der Waals surface area contributed by atoms with Gasteiger partial charge in [-0.1, -0.05) is 44.5 Å². The molecule has 0 spiro atoms. The lowest BCUT2D eigenvalue weighted by Crippen LogP contribution is -2.62. The average Bonchev–Trinajstić information content (AvgIpc) is 3.59. The van der Waals surface area contributed by atoms with Crippen molar-refractivity contribution in [3.05, 3.63) is 71.0 Å². The Kier molecular flexibility index (Phi) is 13.9. The van der Waals surface area contributed by atoms with Crippen molar-refractivity contribution in [2.24, 2.45) is 5.92 Å². The molecular formula is C36H45F4N5O6. The zero-order chi connectivity index (χ0) is 37.1. The number of halogens is 4. The van der Waals surface area contributed by atoms with Crippen LogP contribution in [0, 0.1) is 11.7 Å². The molecule has 4 N–H and O–H groups in total. The highest BCUT2D eigenvalue weighted by Gasteiger charge is 2.42. The molecule has 1 unspecified atom stereocenters. The van der Waals surface area contributed by atoms with Crippen LogP contribution in [0.3, 0.4) is 0 Å². The van der Waals surface area contributed by atoms with Crippen molar-refractivity contribution in [3.8, 4) is 0 Å². The number of nitrogens with one attached hydrogen (secondary N) is 4. The van der Waals surface area contributed by atoms with Gasteiger partial charge in [0.15, 0.2) is 0 Å². The van der Waals surface area contributed by atoms with Crippen LogP contribution in [0.4, 0.5) is 17.6 Å². The number of carbonyl (C=O) groups excluding carboxylic acids is 5. The molecule has 0 aromatic heterocycles. The molecule has 5 atom stereocenters. The first-order valence-corrected chi connectivity index (χ1v) is 17.2. The van der Waals surface area contributed by atoms with Gasteiger partial charge in [0.2, 0.25) is 29.5 Å². The third-order valence-electron chi connectivity index (χ3n) is 9.26. The topological polar surface area (TPSA) is 146 Å². The molecule has 2 aliphatic heterocycles. The first-order chi connectivity index (χ1) is 24.3. The third-order valence-corrected chi connectivity index (χ3v) is 9.26. The van der Waals surface area contributed by atoms with E-state index in [4.69, 9.17) is 4.74 Å². The molecule has 0 radical (unpaired) electrons. The van der Waals surface area contributed by atoms with Crippen molar-refractivity contribution in [1.29, 1.82) is 0 Å². The molecule has 15 heteroatoms. The molecule has 2 aromatic carbocycles. The van der Waals surface area contributed by atoms with Crippen LogP contribution < -0.4 is 21.3 Å². The second-order valence-electron chi connectivity index (χ2n) is 13.0. The SMILES string of the molecule is CCC(C)[C@H]1NC(=O)[C@@H](Cc2ccc(C(F)(F)F)cc2)NC(=O)[C@H](CCCCNC(=O)COCc2ccc(F)cc2)NC(=O)[C@H]2CCCN2C1=O. The molecule has 2 aromatic rings. The maximum atomic E-state index is 13.8. The molecular weight excluding hydrogens is 674 g/mol. The fourth-order valence-electron chi connectivity index (χ4n) is 6.10. The smallest absolute Gasteiger partial charge is 0.367 e. The molecule has 11 nitrogen and oxygen atoms in total. The van der Waals surface area contributed by atoms with Gasteiger partial charge < -0.3 is 30.9 Å². The number of hydrogen-bond acceptors (Lipinski definition) is 6. The Morgan fingerprint density at radius 2 is 1.57 bits per heavy atom. The Bertz CT molecular complexity index is 1520. The van der Waals surface area contributed by atoms with Gasteiger partial charge in [-0.05, 0) is 73.4 Å². The summed E-state index contributed by atoms with van der Waals surface area (Å²) in [4.78, 5) is 68.5. The number of benzene rings is 2. The average molecular weight is 720 g/mol. The van der Waals surface area contributed by atoms with Crippen molar-refractivity contribution in [2.75, 3.05) is 19.7 Å². The summed E-state index contributed by atoms with van der Waals surface area (Å²) >= 11 is 0. The van der Waals surface area contributed by atoms with E-state index in [0.717, 1.165) is 12.1 Å². The van der Waals surface area contributed by atoms with Crippen LogP contribution in [0.5, 0.6) is 0 Å². The molecule has 2 aliphatic rings. The molecule has 2 fully saturated rings. The zero-order valence-corrected chi connectivity index (χ0v) is 28.7. The van der Waals surface area contributed by atoms with Gasteiger partial charge in [-0.15, -0.1) is 0 Å². The summed E-state index contributed by atoms with van der Waals surface area (Å²) in [6.07, 6.45) is -2.29. The Morgan fingerprint density at radius 3 is 2.24 bits per heavy atom. The van der Waals surface area contributed by atoms with Crippen LogP contribution in [-0.4, -0.2) is 78.3 Å². The highest BCUT2D eigenvalue weighted by molar-refractivity contribution is 5.98. The van der Waals surface area contributed by atoms with Crippen LogP contribution in [0.25, 0.3) is 0 Å². The number of ether oxygens (including phenoxy) is 1. The number of fused-ring (bicyclic) bond motifs is 1. The van der Waals surface area contributed by atoms with Gasteiger partial charge in [0.05, 0.1) is 12.2 Å². The van der Waals surface area contributed by atoms with Crippen molar-refractivity contribution >= 4 is 29.5 Å². The third kappa shape index (κ3) is 11.2. The molecule has 2 heterocycles. The predicted octanol–water partition coefficient (Wildman–Crippen LogP) is 3.40. The minimum Gasteiger partial charge on any atom is -0.367 e. The minimum absolute atomic E-state index is 0.129. The maximum absolute atomic E-state index is 13.8. The lowest BCUT2D eigenvalue weighted by atomic mass is 9.95. The van der Waals surface area contributed by atoms with Crippen LogP contribution in [0.15, 0.2) is 48.5 Å². The van der Waals surface area contributed by atoms with E-state index in [1.165, 1.54) is 29.2 Å². The van der Waals surface area contributed by atoms with Gasteiger partial charge >= 0.3 is 6.18 Å². The zero-order valence-electron chi connectivity index (χ0n) is 28.7. The largest absolute Gasteiger partial charge is 0.416 e. The minimum atomic E-state index is -4.55. The van der Waals surface area contributed by atoms with Crippen LogP contribution >= 0.6 is 0 Å². The maximum Gasteiger partial charge on any atom is 0.416 e. The fourth-order valence-corrected chi connectivity index (χ4v) is 6.10. The normalized spacial score (nSPS) is 22.2. The van der Waals surface area contributed by atoms with Crippen LogP contribution in [-0.2, 0) is 47.9 Å². The second-order valence-corrected chi connectivity index (χ2v) is 13.0. The Hall–Kier alpha value is -4.53. The molecule has 0 bridgehead atoms. The molecule has 0 saturated carbocycles. The van der Waals surface area contributed by atoms with E-state index in [2.05, 4.69) is 21.3 Å². The molecule has 4 rings (SSSR count). The summed E-state index contributed by atoms with van der Waals surface area (Å²) in [5.74, 6) is -3.30. The fraction of sp³-hybridized carbons (Fsp3) is 0.528. The lowest BCUT2D eigenvalue weighted by molar-refractivity contribution is -0.144. The van der Waals surface area contributed by atoms with Gasteiger partial charge in [0, 0.05) is 19.5 Å². The van der Waals surface area contributed by atoms with Gasteiger partial charge in [0.25, 0.3) is 0 Å². The van der Waals surface area contributed by atoms with E-state index < -0.39 is 59.5 Å². The summed E-state index contributed by atoms with van der Waals surface area (Å²) in [6.45, 7) is 4.12. The van der Waals surface area contributed by atoms with Crippen molar-refractivity contribution < 1.29 is 46.3 Å². The number of alkyl halides is 3. The van der Waals surface area contributed by atoms with E-state index >= 15 is 0 Å². The van der Waals surface area contributed by atoms with Gasteiger partial charge in [-0.25, -0.2) is 4.39 Å². The monoisotopic (exact) mass is 719 g/mol. The summed E-state index contributed by atoms with van der Waals surface area (Å²) < 4.78 is 58.0. The Morgan fingerprint density at radius 1 is 0.922 bits per heavy atom. The van der Waals surface area contributed by atoms with Gasteiger partial charge in [-0.3, -0.25) is 24.0 Å². The van der Waals surface area contributed by atoms with Gasteiger partial charge in [0.1, 0.15) is 36.6 Å². The number of hydrogen-bond donors (Lipinski definition) is 4. The molecule has 278 valence electrons. The van der Waals surface area contributed by atoms with Crippen molar-refractivity contribution in [1.82, 2.24) is 26.2 Å². The van der Waals surface area contributed by atoms with E-state index in [-0.39, 0.29) is 50.2 Å². The van der Waals surface area contributed by atoms with E-state index in [0.29, 0.717) is 49.8 Å². The number of amides is 5. The van der Waals surface area contributed by atoms with E-state index in [1.54, 1.807) is 19.1 Å². The Labute approximate surface area is 294 Å². The molecule has 5 amide bonds. The number of nitrogens with zero attached hydrogens (tertiary/aromatic N) is 1. The number of carbonyl (C=O) groups is 5. The highest BCUT2D eigenvalue weighted by Crippen LogP contribution is 2.29. The van der Waals surface area contributed by atoms with E-state index in [9.17, 15) is 41.5 Å². The molecule has 2 saturated heterocycles. The number of rotatable bonds is 13. The molecule has 51 heavy (non-hydrogen) atoms. The van der Waals surface area contributed by atoms with Gasteiger partial charge in [-0.2, -0.15) is 13.2 Å². The summed E-state index contributed by atoms with van der Waals surface area (Å²) in [5, 5.41) is 10.9. The van der Waals surface area contributed by atoms with E-state index in [1.807, 2.05) is 6.92 Å². The number of unbranched alkanes of at least 4 members (excludes halogenated alkanes) is 1.